The second kappa shape index (κ2) is 8.15. The highest BCUT2D eigenvalue weighted by Gasteiger charge is 2.11. The van der Waals surface area contributed by atoms with Crippen molar-refractivity contribution in [2.75, 3.05) is 54.5 Å². The third-order valence-electron chi connectivity index (χ3n) is 3.70. The Bertz CT molecular complexity index is 483. The van der Waals surface area contributed by atoms with Crippen molar-refractivity contribution in [1.82, 2.24) is 14.7 Å². The molecule has 1 aromatic carbocycles. The van der Waals surface area contributed by atoms with Gasteiger partial charge in [0.25, 0.3) is 0 Å². The van der Waals surface area contributed by atoms with Crippen molar-refractivity contribution in [3.63, 3.8) is 0 Å². The van der Waals surface area contributed by atoms with Gasteiger partial charge in [0, 0.05) is 47.8 Å². The van der Waals surface area contributed by atoms with Crippen molar-refractivity contribution >= 4 is 5.96 Å². The Labute approximate surface area is 134 Å². The van der Waals surface area contributed by atoms with E-state index < -0.39 is 0 Å². The topological polar surface area (TPSA) is 31.3 Å². The van der Waals surface area contributed by atoms with E-state index in [1.165, 1.54) is 11.1 Å². The normalized spacial score (nSPS) is 15.5. The van der Waals surface area contributed by atoms with Gasteiger partial charge in [-0.15, -0.1) is 0 Å². The van der Waals surface area contributed by atoms with E-state index in [4.69, 9.17) is 9.73 Å². The summed E-state index contributed by atoms with van der Waals surface area (Å²) in [5.74, 6) is 0.985. The highest BCUT2D eigenvalue weighted by Crippen LogP contribution is 2.11. The van der Waals surface area contributed by atoms with Gasteiger partial charge in [-0.05, 0) is 11.1 Å². The van der Waals surface area contributed by atoms with Crippen molar-refractivity contribution < 1.29 is 4.74 Å². The Morgan fingerprint density at radius 3 is 2.36 bits per heavy atom. The van der Waals surface area contributed by atoms with Crippen LogP contribution in [0.3, 0.4) is 0 Å². The van der Waals surface area contributed by atoms with E-state index in [9.17, 15) is 0 Å². The SMILES string of the molecule is CN(C)C(=NCc1cccc(CN2CCOCC2)c1)N(C)C. The minimum atomic E-state index is 0.711. The maximum Gasteiger partial charge on any atom is 0.195 e. The molecule has 1 aromatic rings. The summed E-state index contributed by atoms with van der Waals surface area (Å²) < 4.78 is 5.40. The number of hydrogen-bond acceptors (Lipinski definition) is 3. The Kier molecular flexibility index (Phi) is 6.21. The van der Waals surface area contributed by atoms with Gasteiger partial charge in [-0.25, -0.2) is 4.99 Å². The van der Waals surface area contributed by atoms with Gasteiger partial charge in [-0.1, -0.05) is 24.3 Å². The standard InChI is InChI=1S/C17H28N4O/c1-19(2)17(20(3)4)18-13-15-6-5-7-16(12-15)14-21-8-10-22-11-9-21/h5-7,12H,8-11,13-14H2,1-4H3. The van der Waals surface area contributed by atoms with Crippen LogP contribution in [0.2, 0.25) is 0 Å². The Hall–Kier alpha value is -1.59. The molecule has 5 heteroatoms. The molecule has 5 nitrogen and oxygen atoms in total. The molecule has 0 aliphatic carbocycles. The second-order valence-corrected chi connectivity index (χ2v) is 6.11. The number of aliphatic imine (C=N–C) groups is 1. The van der Waals surface area contributed by atoms with Crippen LogP contribution in [0.5, 0.6) is 0 Å². The second-order valence-electron chi connectivity index (χ2n) is 6.11. The van der Waals surface area contributed by atoms with E-state index in [-0.39, 0.29) is 0 Å². The smallest absolute Gasteiger partial charge is 0.195 e. The van der Waals surface area contributed by atoms with Crippen LogP contribution in [0.4, 0.5) is 0 Å². The van der Waals surface area contributed by atoms with Gasteiger partial charge in [-0.2, -0.15) is 0 Å². The molecule has 1 aliphatic heterocycles. The van der Waals surface area contributed by atoms with E-state index in [0.717, 1.165) is 38.8 Å². The van der Waals surface area contributed by atoms with Crippen LogP contribution in [0, 0.1) is 0 Å². The number of hydrogen-bond donors (Lipinski definition) is 0. The number of nitrogens with zero attached hydrogens (tertiary/aromatic N) is 4. The summed E-state index contributed by atoms with van der Waals surface area (Å²) in [5.41, 5.74) is 2.61. The minimum absolute atomic E-state index is 0.711. The monoisotopic (exact) mass is 304 g/mol. The number of benzene rings is 1. The molecule has 2 rings (SSSR count). The van der Waals surface area contributed by atoms with Gasteiger partial charge in [0.2, 0.25) is 0 Å². The van der Waals surface area contributed by atoms with Crippen molar-refractivity contribution in [3.05, 3.63) is 35.4 Å². The lowest BCUT2D eigenvalue weighted by Gasteiger charge is -2.26. The van der Waals surface area contributed by atoms with Crippen LogP contribution >= 0.6 is 0 Å². The van der Waals surface area contributed by atoms with Crippen LogP contribution in [-0.4, -0.2) is 75.2 Å². The van der Waals surface area contributed by atoms with Crippen molar-refractivity contribution in [1.29, 1.82) is 0 Å². The Morgan fingerprint density at radius 1 is 1.09 bits per heavy atom. The molecular formula is C17H28N4O. The lowest BCUT2D eigenvalue weighted by molar-refractivity contribution is 0.0342. The summed E-state index contributed by atoms with van der Waals surface area (Å²) in [6, 6.07) is 8.74. The lowest BCUT2D eigenvalue weighted by Crippen LogP contribution is -2.35. The fourth-order valence-corrected chi connectivity index (χ4v) is 2.69. The number of morpholine rings is 1. The van der Waals surface area contributed by atoms with Crippen molar-refractivity contribution in [2.45, 2.75) is 13.1 Å². The first-order valence-corrected chi connectivity index (χ1v) is 7.83. The third kappa shape index (κ3) is 5.00. The average Bonchev–Trinajstić information content (AvgIpc) is 2.48. The summed E-state index contributed by atoms with van der Waals surface area (Å²) in [4.78, 5) is 11.2. The fraction of sp³-hybridized carbons (Fsp3) is 0.588. The molecular weight excluding hydrogens is 276 g/mol. The van der Waals surface area contributed by atoms with E-state index in [0.29, 0.717) is 6.54 Å². The average molecular weight is 304 g/mol. The highest BCUT2D eigenvalue weighted by molar-refractivity contribution is 5.79. The van der Waals surface area contributed by atoms with E-state index in [1.807, 2.05) is 38.0 Å². The van der Waals surface area contributed by atoms with Gasteiger partial charge < -0.3 is 14.5 Å². The zero-order valence-corrected chi connectivity index (χ0v) is 14.2. The molecule has 0 aromatic heterocycles. The van der Waals surface area contributed by atoms with Crippen LogP contribution in [0.1, 0.15) is 11.1 Å². The molecule has 122 valence electrons. The number of rotatable bonds is 4. The molecule has 0 atom stereocenters. The predicted octanol–water partition coefficient (Wildman–Crippen LogP) is 1.50. The fourth-order valence-electron chi connectivity index (χ4n) is 2.69. The first kappa shape index (κ1) is 16.8. The maximum absolute atomic E-state index is 5.40. The molecule has 0 bridgehead atoms. The molecule has 0 amide bonds. The summed E-state index contributed by atoms with van der Waals surface area (Å²) in [5, 5.41) is 0. The molecule has 0 unspecified atom stereocenters. The van der Waals surface area contributed by atoms with Crippen LogP contribution in [-0.2, 0) is 17.8 Å². The Morgan fingerprint density at radius 2 is 1.73 bits per heavy atom. The van der Waals surface area contributed by atoms with E-state index >= 15 is 0 Å². The largest absolute Gasteiger partial charge is 0.379 e. The zero-order valence-electron chi connectivity index (χ0n) is 14.2. The third-order valence-corrected chi connectivity index (χ3v) is 3.70. The highest BCUT2D eigenvalue weighted by atomic mass is 16.5. The molecule has 0 spiro atoms. The van der Waals surface area contributed by atoms with Gasteiger partial charge in [0.15, 0.2) is 5.96 Å². The van der Waals surface area contributed by atoms with Gasteiger partial charge >= 0.3 is 0 Å². The Balaban J connectivity index is 2.00. The van der Waals surface area contributed by atoms with Gasteiger partial charge in [0.1, 0.15) is 0 Å². The quantitative estimate of drug-likeness (QED) is 0.623. The molecule has 1 heterocycles. The summed E-state index contributed by atoms with van der Waals surface area (Å²) in [6.45, 7) is 5.44. The molecule has 1 fully saturated rings. The van der Waals surface area contributed by atoms with Crippen LogP contribution in [0.15, 0.2) is 29.3 Å². The van der Waals surface area contributed by atoms with Crippen LogP contribution < -0.4 is 0 Å². The first-order valence-electron chi connectivity index (χ1n) is 7.83. The summed E-state index contributed by atoms with van der Waals surface area (Å²) >= 11 is 0. The first-order chi connectivity index (χ1) is 10.6. The molecule has 0 radical (unpaired) electrons. The summed E-state index contributed by atoms with van der Waals surface area (Å²) in [6.07, 6.45) is 0. The van der Waals surface area contributed by atoms with E-state index in [1.54, 1.807) is 0 Å². The molecule has 1 saturated heterocycles. The maximum atomic E-state index is 5.40. The molecule has 0 saturated carbocycles. The molecule has 1 aliphatic rings. The van der Waals surface area contributed by atoms with Gasteiger partial charge in [-0.3, -0.25) is 4.90 Å². The minimum Gasteiger partial charge on any atom is -0.379 e. The van der Waals surface area contributed by atoms with Crippen LogP contribution in [0.25, 0.3) is 0 Å². The predicted molar refractivity (Wildman–Crippen MR) is 91.1 cm³/mol. The molecule has 0 N–H and O–H groups in total. The van der Waals surface area contributed by atoms with Crippen molar-refractivity contribution in [2.24, 2.45) is 4.99 Å². The summed E-state index contributed by atoms with van der Waals surface area (Å²) in [7, 11) is 8.09. The van der Waals surface area contributed by atoms with Crippen molar-refractivity contribution in [3.8, 4) is 0 Å². The number of ether oxygens (including phenoxy) is 1. The molecule has 22 heavy (non-hydrogen) atoms. The number of guanidine groups is 1. The lowest BCUT2D eigenvalue weighted by atomic mass is 10.1. The zero-order chi connectivity index (χ0) is 15.9. The van der Waals surface area contributed by atoms with Gasteiger partial charge in [0.05, 0.1) is 19.8 Å². The van der Waals surface area contributed by atoms with E-state index in [2.05, 4.69) is 29.2 Å².